The van der Waals surface area contributed by atoms with Gasteiger partial charge < -0.3 is 28.9 Å². The molecule has 39 heavy (non-hydrogen) atoms. The number of fused-ring (bicyclic) bond motifs is 1. The van der Waals surface area contributed by atoms with Crippen molar-refractivity contribution in [3.05, 3.63) is 59.7 Å². The zero-order chi connectivity index (χ0) is 28.3. The van der Waals surface area contributed by atoms with Crippen molar-refractivity contribution in [1.82, 2.24) is 4.90 Å². The van der Waals surface area contributed by atoms with E-state index in [0.717, 1.165) is 22.5 Å². The van der Waals surface area contributed by atoms with Gasteiger partial charge in [-0.1, -0.05) is 37.3 Å². The molecule has 2 aliphatic heterocycles. The first-order valence-electron chi connectivity index (χ1n) is 13.5. The minimum absolute atomic E-state index is 0.0700. The van der Waals surface area contributed by atoms with Crippen LogP contribution in [0.1, 0.15) is 58.8 Å². The largest absolute Gasteiger partial charge is 0.509 e. The summed E-state index contributed by atoms with van der Waals surface area (Å²) in [4.78, 5) is 43.5. The molecule has 3 unspecified atom stereocenters. The summed E-state index contributed by atoms with van der Waals surface area (Å²) in [6.45, 7) is 13.5. The third kappa shape index (κ3) is 6.64. The highest BCUT2D eigenvalue weighted by Gasteiger charge is 2.41. The van der Waals surface area contributed by atoms with Gasteiger partial charge in [0.25, 0.3) is 0 Å². The maximum atomic E-state index is 12.8. The Morgan fingerprint density at radius 1 is 0.949 bits per heavy atom. The molecule has 1 fully saturated rings. The Kier molecular flexibility index (Phi) is 8.37. The lowest BCUT2D eigenvalue weighted by Gasteiger charge is -2.43. The van der Waals surface area contributed by atoms with E-state index in [1.807, 2.05) is 83.1 Å². The van der Waals surface area contributed by atoms with Crippen molar-refractivity contribution >= 4 is 29.5 Å². The van der Waals surface area contributed by atoms with Crippen molar-refractivity contribution in [3.63, 3.8) is 0 Å². The van der Waals surface area contributed by atoms with Crippen molar-refractivity contribution in [2.45, 2.75) is 65.9 Å². The van der Waals surface area contributed by atoms with Gasteiger partial charge in [0.1, 0.15) is 18.3 Å². The van der Waals surface area contributed by atoms with Gasteiger partial charge in [0.15, 0.2) is 0 Å². The number of carbonyl (C=O) groups is 3. The third-order valence-electron chi connectivity index (χ3n) is 7.28. The first kappa shape index (κ1) is 28.3. The van der Waals surface area contributed by atoms with Gasteiger partial charge in [-0.2, -0.15) is 0 Å². The summed E-state index contributed by atoms with van der Waals surface area (Å²) < 4.78 is 16.8. The van der Waals surface area contributed by atoms with Gasteiger partial charge in [0, 0.05) is 56.3 Å². The number of hydrogen-bond donors (Lipinski definition) is 0. The van der Waals surface area contributed by atoms with Gasteiger partial charge in [-0.05, 0) is 51.5 Å². The standard InChI is InChI=1S/C30H39N3O6/c1-20-21(2)33(22(3)34)26-13-12-24(31-14-16-32(17-15-31)28(35)39-30(4,5)6)18-25(26)27(20)38-29(36)37-19-23-10-8-7-9-11-23/h7-13,18,20-21,27H,14-17,19H2,1-6H3. The molecule has 0 aromatic heterocycles. The molecule has 0 radical (unpaired) electrons. The van der Waals surface area contributed by atoms with Crippen LogP contribution in [0, 0.1) is 5.92 Å². The molecule has 9 nitrogen and oxygen atoms in total. The highest BCUT2D eigenvalue weighted by Crippen LogP contribution is 2.44. The molecule has 210 valence electrons. The van der Waals surface area contributed by atoms with Crippen LogP contribution in [0.2, 0.25) is 0 Å². The summed E-state index contributed by atoms with van der Waals surface area (Å²) in [5.41, 5.74) is 2.76. The fraction of sp³-hybridized carbons (Fsp3) is 0.500. The molecule has 0 bridgehead atoms. The number of amides is 2. The SMILES string of the molecule is CC(=O)N1c2ccc(N3CCN(C(=O)OC(C)(C)C)CC3)cc2C(OC(=O)OCc2ccccc2)C(C)C1C. The van der Waals surface area contributed by atoms with Crippen LogP contribution in [-0.4, -0.2) is 60.9 Å². The van der Waals surface area contributed by atoms with E-state index >= 15 is 0 Å². The number of benzene rings is 2. The van der Waals surface area contributed by atoms with E-state index in [9.17, 15) is 14.4 Å². The molecule has 4 rings (SSSR count). The smallest absolute Gasteiger partial charge is 0.444 e. The predicted octanol–water partition coefficient (Wildman–Crippen LogP) is 5.53. The Bertz CT molecular complexity index is 1190. The summed E-state index contributed by atoms with van der Waals surface area (Å²) in [5.74, 6) is -0.232. The van der Waals surface area contributed by atoms with Crippen LogP contribution in [-0.2, 0) is 25.6 Å². The summed E-state index contributed by atoms with van der Waals surface area (Å²) in [6, 6.07) is 15.1. The van der Waals surface area contributed by atoms with Gasteiger partial charge >= 0.3 is 12.2 Å². The van der Waals surface area contributed by atoms with Crippen molar-refractivity contribution in [3.8, 4) is 0 Å². The van der Waals surface area contributed by atoms with E-state index in [1.165, 1.54) is 0 Å². The van der Waals surface area contributed by atoms with Crippen LogP contribution in [0.15, 0.2) is 48.5 Å². The third-order valence-corrected chi connectivity index (χ3v) is 7.28. The van der Waals surface area contributed by atoms with Gasteiger partial charge in [0.05, 0.1) is 5.69 Å². The summed E-state index contributed by atoms with van der Waals surface area (Å²) in [7, 11) is 0. The van der Waals surface area contributed by atoms with Crippen molar-refractivity contribution in [2.24, 2.45) is 5.92 Å². The lowest BCUT2D eigenvalue weighted by atomic mass is 9.84. The van der Waals surface area contributed by atoms with E-state index in [1.54, 1.807) is 16.7 Å². The zero-order valence-electron chi connectivity index (χ0n) is 23.7. The Balaban J connectivity index is 1.52. The summed E-state index contributed by atoms with van der Waals surface area (Å²) in [5, 5.41) is 0. The fourth-order valence-corrected chi connectivity index (χ4v) is 5.13. The molecule has 3 atom stereocenters. The zero-order valence-corrected chi connectivity index (χ0v) is 23.7. The molecule has 0 spiro atoms. The lowest BCUT2D eigenvalue weighted by molar-refractivity contribution is -0.117. The molecular formula is C30H39N3O6. The molecular weight excluding hydrogens is 498 g/mol. The fourth-order valence-electron chi connectivity index (χ4n) is 5.13. The first-order valence-corrected chi connectivity index (χ1v) is 13.5. The van der Waals surface area contributed by atoms with E-state index in [2.05, 4.69) is 4.90 Å². The predicted molar refractivity (Wildman–Crippen MR) is 149 cm³/mol. The number of carbonyl (C=O) groups excluding carboxylic acids is 3. The van der Waals surface area contributed by atoms with Crippen LogP contribution in [0.5, 0.6) is 0 Å². The second kappa shape index (κ2) is 11.6. The molecule has 2 amide bonds. The highest BCUT2D eigenvalue weighted by atomic mass is 16.7. The maximum Gasteiger partial charge on any atom is 0.509 e. The van der Waals surface area contributed by atoms with Crippen LogP contribution in [0.25, 0.3) is 0 Å². The Hall–Kier alpha value is -3.75. The number of ether oxygens (including phenoxy) is 3. The quantitative estimate of drug-likeness (QED) is 0.474. The maximum absolute atomic E-state index is 12.8. The molecule has 2 aliphatic rings. The van der Waals surface area contributed by atoms with E-state index in [4.69, 9.17) is 14.2 Å². The molecule has 1 saturated heterocycles. The topological polar surface area (TPSA) is 88.6 Å². The minimum Gasteiger partial charge on any atom is -0.444 e. The Morgan fingerprint density at radius 2 is 1.62 bits per heavy atom. The number of hydrogen-bond acceptors (Lipinski definition) is 7. The van der Waals surface area contributed by atoms with Gasteiger partial charge in [-0.3, -0.25) is 4.79 Å². The number of anilines is 2. The van der Waals surface area contributed by atoms with Crippen molar-refractivity contribution in [1.29, 1.82) is 0 Å². The summed E-state index contributed by atoms with van der Waals surface area (Å²) in [6.07, 6.45) is -1.65. The van der Waals surface area contributed by atoms with Crippen LogP contribution >= 0.6 is 0 Å². The van der Waals surface area contributed by atoms with E-state index in [-0.39, 0.29) is 30.6 Å². The normalized spacial score (nSPS) is 21.2. The monoisotopic (exact) mass is 537 g/mol. The summed E-state index contributed by atoms with van der Waals surface area (Å²) >= 11 is 0. The van der Waals surface area contributed by atoms with E-state index < -0.39 is 17.9 Å². The van der Waals surface area contributed by atoms with Crippen molar-refractivity contribution in [2.75, 3.05) is 36.0 Å². The molecule has 9 heteroatoms. The molecule has 2 aromatic rings. The molecule has 2 aromatic carbocycles. The highest BCUT2D eigenvalue weighted by molar-refractivity contribution is 5.94. The molecule has 0 aliphatic carbocycles. The Labute approximate surface area is 230 Å². The van der Waals surface area contributed by atoms with Gasteiger partial charge in [-0.25, -0.2) is 9.59 Å². The Morgan fingerprint density at radius 3 is 2.23 bits per heavy atom. The second-order valence-electron chi connectivity index (χ2n) is 11.2. The van der Waals surface area contributed by atoms with Crippen molar-refractivity contribution < 1.29 is 28.6 Å². The molecule has 0 saturated carbocycles. The van der Waals surface area contributed by atoms with Gasteiger partial charge in [-0.15, -0.1) is 0 Å². The number of rotatable bonds is 4. The first-order chi connectivity index (χ1) is 18.4. The van der Waals surface area contributed by atoms with Crippen LogP contribution < -0.4 is 9.80 Å². The average Bonchev–Trinajstić information content (AvgIpc) is 2.89. The number of piperazine rings is 1. The molecule has 2 heterocycles. The lowest BCUT2D eigenvalue weighted by Crippen LogP contribution is -2.50. The van der Waals surface area contributed by atoms with Crippen LogP contribution in [0.3, 0.4) is 0 Å². The van der Waals surface area contributed by atoms with Gasteiger partial charge in [0.2, 0.25) is 5.91 Å². The number of nitrogens with zero attached hydrogens (tertiary/aromatic N) is 3. The average molecular weight is 538 g/mol. The van der Waals surface area contributed by atoms with Crippen LogP contribution in [0.4, 0.5) is 21.0 Å². The second-order valence-corrected chi connectivity index (χ2v) is 11.2. The minimum atomic E-state index is -0.749. The molecule has 0 N–H and O–H groups in total. The van der Waals surface area contributed by atoms with E-state index in [0.29, 0.717) is 26.2 Å².